The number of likely N-dealkylation sites (tertiary alicyclic amines) is 1. The van der Waals surface area contributed by atoms with Crippen LogP contribution in [0.3, 0.4) is 0 Å². The Bertz CT molecular complexity index is 1070. The quantitative estimate of drug-likeness (QED) is 0.505. The van der Waals surface area contributed by atoms with Gasteiger partial charge >= 0.3 is 0 Å². The second-order valence-corrected chi connectivity index (χ2v) is 9.86. The van der Waals surface area contributed by atoms with Crippen molar-refractivity contribution in [2.24, 2.45) is 0 Å². The minimum Gasteiger partial charge on any atom is -0.489 e. The number of ether oxygens (including phenoxy) is 2. The number of aryl methyl sites for hydroxylation is 1. The molecule has 1 N–H and O–H groups in total. The lowest BCUT2D eigenvalue weighted by Crippen LogP contribution is -2.48. The number of piperidine rings is 1. The zero-order valence-corrected chi connectivity index (χ0v) is 20.1. The summed E-state index contributed by atoms with van der Waals surface area (Å²) in [5, 5.41) is 11.2. The Hall–Kier alpha value is -2.82. The Morgan fingerprint density at radius 3 is 2.41 bits per heavy atom. The third-order valence-electron chi connectivity index (χ3n) is 7.23. The monoisotopic (exact) mass is 457 g/mol. The van der Waals surface area contributed by atoms with E-state index in [1.54, 1.807) is 0 Å². The molecule has 4 heteroatoms. The average Bonchev–Trinajstić information content (AvgIpc) is 3.27. The third-order valence-corrected chi connectivity index (χ3v) is 7.23. The van der Waals surface area contributed by atoms with Gasteiger partial charge in [-0.2, -0.15) is 0 Å². The van der Waals surface area contributed by atoms with Crippen LogP contribution in [-0.2, 0) is 25.9 Å². The number of hydrogen-bond acceptors (Lipinski definition) is 4. The van der Waals surface area contributed by atoms with Crippen molar-refractivity contribution in [2.75, 3.05) is 19.6 Å². The topological polar surface area (TPSA) is 41.9 Å². The van der Waals surface area contributed by atoms with Gasteiger partial charge in [-0.05, 0) is 54.2 Å². The molecular formula is C30H35NO3. The van der Waals surface area contributed by atoms with E-state index in [0.717, 1.165) is 63.2 Å². The molecule has 34 heavy (non-hydrogen) atoms. The predicted molar refractivity (Wildman–Crippen MR) is 135 cm³/mol. The highest BCUT2D eigenvalue weighted by molar-refractivity contribution is 5.43. The molecule has 1 saturated heterocycles. The number of rotatable bonds is 8. The van der Waals surface area contributed by atoms with Crippen LogP contribution in [0.2, 0.25) is 0 Å². The van der Waals surface area contributed by atoms with Crippen molar-refractivity contribution in [1.82, 2.24) is 4.90 Å². The summed E-state index contributed by atoms with van der Waals surface area (Å²) in [6.45, 7) is 5.46. The van der Waals surface area contributed by atoms with Crippen molar-refractivity contribution in [1.29, 1.82) is 0 Å². The fourth-order valence-electron chi connectivity index (χ4n) is 5.12. The van der Waals surface area contributed by atoms with Gasteiger partial charge in [-0.1, -0.05) is 61.5 Å². The molecule has 5 rings (SSSR count). The van der Waals surface area contributed by atoms with Gasteiger partial charge in [0, 0.05) is 38.0 Å². The Balaban J connectivity index is 1.10. The van der Waals surface area contributed by atoms with Crippen LogP contribution in [0.15, 0.2) is 72.8 Å². The van der Waals surface area contributed by atoms with Gasteiger partial charge in [-0.25, -0.2) is 0 Å². The Kier molecular flexibility index (Phi) is 6.89. The van der Waals surface area contributed by atoms with E-state index >= 15 is 0 Å². The lowest BCUT2D eigenvalue weighted by Gasteiger charge is -2.39. The normalized spacial score (nSPS) is 19.4. The summed E-state index contributed by atoms with van der Waals surface area (Å²) < 4.78 is 12.2. The van der Waals surface area contributed by atoms with Gasteiger partial charge in [0.15, 0.2) is 0 Å². The molecule has 0 aromatic heterocycles. The lowest BCUT2D eigenvalue weighted by molar-refractivity contribution is -0.0265. The van der Waals surface area contributed by atoms with Crippen LogP contribution in [0.25, 0.3) is 0 Å². The van der Waals surface area contributed by atoms with Crippen molar-refractivity contribution in [3.05, 3.63) is 95.1 Å². The molecule has 4 nitrogen and oxygen atoms in total. The van der Waals surface area contributed by atoms with Crippen LogP contribution in [-0.4, -0.2) is 41.3 Å². The summed E-state index contributed by atoms with van der Waals surface area (Å²) >= 11 is 0. The number of benzene rings is 3. The molecule has 1 unspecified atom stereocenters. The van der Waals surface area contributed by atoms with Gasteiger partial charge in [0.25, 0.3) is 0 Å². The van der Waals surface area contributed by atoms with E-state index in [0.29, 0.717) is 6.61 Å². The molecular weight excluding hydrogens is 422 g/mol. The third kappa shape index (κ3) is 5.63. The van der Waals surface area contributed by atoms with Crippen LogP contribution in [0.4, 0.5) is 0 Å². The minimum absolute atomic E-state index is 0.159. The Morgan fingerprint density at radius 2 is 1.68 bits per heavy atom. The summed E-state index contributed by atoms with van der Waals surface area (Å²) in [6, 6.07) is 25.1. The van der Waals surface area contributed by atoms with E-state index in [1.807, 2.05) is 30.3 Å². The highest BCUT2D eigenvalue weighted by Crippen LogP contribution is 2.33. The molecule has 0 spiro atoms. The molecule has 2 heterocycles. The maximum Gasteiger partial charge on any atom is 0.123 e. The van der Waals surface area contributed by atoms with E-state index in [1.165, 1.54) is 22.3 Å². The van der Waals surface area contributed by atoms with Crippen molar-refractivity contribution in [2.45, 2.75) is 57.3 Å². The highest BCUT2D eigenvalue weighted by Gasteiger charge is 2.34. The van der Waals surface area contributed by atoms with Crippen LogP contribution >= 0.6 is 0 Å². The molecule has 0 bridgehead atoms. The molecule has 0 radical (unpaired) electrons. The standard InChI is InChI=1S/C30H35NO3/c1-2-23-8-10-24(11-9-23)20-30(32)14-16-31(17-15-30)21-28-19-26-18-27(12-13-29(26)34-28)33-22-25-6-4-3-5-7-25/h3-13,18,28,32H,2,14-17,19-22H2,1H3. The van der Waals surface area contributed by atoms with Crippen molar-refractivity contribution >= 4 is 0 Å². The molecule has 0 saturated carbocycles. The molecule has 178 valence electrons. The van der Waals surface area contributed by atoms with Gasteiger partial charge in [0.1, 0.15) is 24.2 Å². The second kappa shape index (κ2) is 10.2. The first kappa shape index (κ1) is 22.9. The fraction of sp³-hybridized carbons (Fsp3) is 0.400. The van der Waals surface area contributed by atoms with Crippen molar-refractivity contribution in [3.63, 3.8) is 0 Å². The van der Waals surface area contributed by atoms with Crippen molar-refractivity contribution in [3.8, 4) is 11.5 Å². The highest BCUT2D eigenvalue weighted by atomic mass is 16.5. The van der Waals surface area contributed by atoms with E-state index in [9.17, 15) is 5.11 Å². The van der Waals surface area contributed by atoms with Gasteiger partial charge in [0.05, 0.1) is 5.60 Å². The summed E-state index contributed by atoms with van der Waals surface area (Å²) in [5.41, 5.74) is 4.36. The van der Waals surface area contributed by atoms with Crippen LogP contribution < -0.4 is 9.47 Å². The SMILES string of the molecule is CCc1ccc(CC2(O)CCN(CC3Cc4cc(OCc5ccccc5)ccc4O3)CC2)cc1. The number of nitrogens with zero attached hydrogens (tertiary/aromatic N) is 1. The number of aliphatic hydroxyl groups is 1. The van der Waals surface area contributed by atoms with E-state index in [2.05, 4.69) is 54.3 Å². The predicted octanol–water partition coefficient (Wildman–Crippen LogP) is 5.20. The first-order chi connectivity index (χ1) is 16.6. The first-order valence-corrected chi connectivity index (χ1v) is 12.6. The largest absolute Gasteiger partial charge is 0.489 e. The first-order valence-electron chi connectivity index (χ1n) is 12.6. The van der Waals surface area contributed by atoms with Crippen LogP contribution in [0.5, 0.6) is 11.5 Å². The lowest BCUT2D eigenvalue weighted by atomic mass is 9.85. The number of fused-ring (bicyclic) bond motifs is 1. The number of hydrogen-bond donors (Lipinski definition) is 1. The molecule has 2 aliphatic heterocycles. The maximum absolute atomic E-state index is 11.2. The summed E-state index contributed by atoms with van der Waals surface area (Å²) in [6.07, 6.45) is 4.46. The van der Waals surface area contributed by atoms with Gasteiger partial charge in [-0.15, -0.1) is 0 Å². The zero-order chi connectivity index (χ0) is 23.4. The Labute approximate surface area is 203 Å². The molecule has 0 aliphatic carbocycles. The fourth-order valence-corrected chi connectivity index (χ4v) is 5.12. The minimum atomic E-state index is -0.602. The molecule has 2 aliphatic rings. The molecule has 3 aromatic carbocycles. The summed E-state index contributed by atoms with van der Waals surface area (Å²) in [4.78, 5) is 2.44. The molecule has 0 amide bonds. The maximum atomic E-state index is 11.2. The van der Waals surface area contributed by atoms with E-state index in [-0.39, 0.29) is 6.10 Å². The smallest absolute Gasteiger partial charge is 0.123 e. The van der Waals surface area contributed by atoms with E-state index in [4.69, 9.17) is 9.47 Å². The Morgan fingerprint density at radius 1 is 0.941 bits per heavy atom. The van der Waals surface area contributed by atoms with E-state index < -0.39 is 5.60 Å². The molecule has 3 aromatic rings. The van der Waals surface area contributed by atoms with Gasteiger partial charge in [0.2, 0.25) is 0 Å². The van der Waals surface area contributed by atoms with Crippen LogP contribution in [0.1, 0.15) is 42.0 Å². The van der Waals surface area contributed by atoms with Gasteiger partial charge in [-0.3, -0.25) is 4.90 Å². The zero-order valence-electron chi connectivity index (χ0n) is 20.1. The molecule has 1 fully saturated rings. The average molecular weight is 458 g/mol. The van der Waals surface area contributed by atoms with Crippen molar-refractivity contribution < 1.29 is 14.6 Å². The molecule has 1 atom stereocenters. The van der Waals surface area contributed by atoms with Crippen LogP contribution in [0, 0.1) is 0 Å². The second-order valence-electron chi connectivity index (χ2n) is 9.86. The van der Waals surface area contributed by atoms with Gasteiger partial charge < -0.3 is 14.6 Å². The summed E-state index contributed by atoms with van der Waals surface area (Å²) in [7, 11) is 0. The summed E-state index contributed by atoms with van der Waals surface area (Å²) in [5.74, 6) is 1.86.